The molecule has 5 heteroatoms. The summed E-state index contributed by atoms with van der Waals surface area (Å²) in [5.41, 5.74) is 0.598. The maximum Gasteiger partial charge on any atom is 0.251 e. The minimum Gasteiger partial charge on any atom is -0.347 e. The summed E-state index contributed by atoms with van der Waals surface area (Å²) in [6.45, 7) is 1.38. The molecule has 0 aromatic heterocycles. The van der Waals surface area contributed by atoms with Crippen LogP contribution in [0.4, 0.5) is 0 Å². The van der Waals surface area contributed by atoms with Gasteiger partial charge in [-0.15, -0.1) is 0 Å². The Morgan fingerprint density at radius 3 is 2.50 bits per heavy atom. The van der Waals surface area contributed by atoms with Crippen molar-refractivity contribution in [1.29, 1.82) is 0 Å². The Balaban J connectivity index is 1.54. The van der Waals surface area contributed by atoms with E-state index in [-0.39, 0.29) is 23.8 Å². The molecule has 2 amide bonds. The molecular weight excluding hydrogens is 276 g/mol. The molecule has 1 aromatic rings. The third kappa shape index (κ3) is 2.96. The summed E-state index contributed by atoms with van der Waals surface area (Å²) in [5.74, 6) is 0.404. The van der Waals surface area contributed by atoms with E-state index >= 15 is 0 Å². The van der Waals surface area contributed by atoms with E-state index in [1.54, 1.807) is 24.3 Å². The second-order valence-electron chi connectivity index (χ2n) is 5.52. The molecular formula is C15H17ClN2O2. The van der Waals surface area contributed by atoms with Gasteiger partial charge in [-0.2, -0.15) is 0 Å². The van der Waals surface area contributed by atoms with Crippen molar-refractivity contribution >= 4 is 23.4 Å². The predicted octanol–water partition coefficient (Wildman–Crippen LogP) is 2.08. The summed E-state index contributed by atoms with van der Waals surface area (Å²) in [6, 6.07) is 6.88. The Kier molecular flexibility index (Phi) is 3.66. The molecule has 2 aliphatic rings. The van der Waals surface area contributed by atoms with Gasteiger partial charge in [0.1, 0.15) is 0 Å². The molecule has 1 aromatic carbocycles. The average Bonchev–Trinajstić information content (AvgIpc) is 3.19. The highest BCUT2D eigenvalue weighted by Crippen LogP contribution is 2.32. The van der Waals surface area contributed by atoms with Gasteiger partial charge in [0, 0.05) is 35.6 Å². The normalized spacial score (nSPS) is 21.9. The van der Waals surface area contributed by atoms with E-state index in [1.165, 1.54) is 0 Å². The fraction of sp³-hybridized carbons (Fsp3) is 0.467. The highest BCUT2D eigenvalue weighted by molar-refractivity contribution is 6.30. The topological polar surface area (TPSA) is 49.4 Å². The second kappa shape index (κ2) is 5.44. The summed E-state index contributed by atoms with van der Waals surface area (Å²) < 4.78 is 0. The van der Waals surface area contributed by atoms with Crippen molar-refractivity contribution in [3.63, 3.8) is 0 Å². The van der Waals surface area contributed by atoms with Crippen LogP contribution in [-0.2, 0) is 4.79 Å². The van der Waals surface area contributed by atoms with E-state index in [2.05, 4.69) is 5.32 Å². The first-order valence-corrected chi connectivity index (χ1v) is 7.36. The molecule has 1 N–H and O–H groups in total. The number of rotatable bonds is 3. The molecule has 106 valence electrons. The summed E-state index contributed by atoms with van der Waals surface area (Å²) in [7, 11) is 0. The van der Waals surface area contributed by atoms with Crippen molar-refractivity contribution in [2.24, 2.45) is 5.92 Å². The molecule has 2 fully saturated rings. The molecule has 4 nitrogen and oxygen atoms in total. The van der Waals surface area contributed by atoms with Gasteiger partial charge in [0.15, 0.2) is 0 Å². The maximum absolute atomic E-state index is 12.1. The van der Waals surface area contributed by atoms with Crippen LogP contribution in [-0.4, -0.2) is 35.8 Å². The first kappa shape index (κ1) is 13.4. The standard InChI is InChI=1S/C15H17ClN2O2/c16-12-5-3-10(4-6-12)14(19)17-13-7-8-18(9-13)15(20)11-1-2-11/h3-6,11,13H,1-2,7-9H2,(H,17,19). The molecule has 0 spiro atoms. The lowest BCUT2D eigenvalue weighted by atomic mass is 10.2. The molecule has 20 heavy (non-hydrogen) atoms. The fourth-order valence-corrected chi connectivity index (χ4v) is 2.66. The Hall–Kier alpha value is -1.55. The number of nitrogens with zero attached hydrogens (tertiary/aromatic N) is 1. The number of hydrogen-bond acceptors (Lipinski definition) is 2. The smallest absolute Gasteiger partial charge is 0.251 e. The van der Waals surface area contributed by atoms with Crippen molar-refractivity contribution in [1.82, 2.24) is 10.2 Å². The first-order chi connectivity index (χ1) is 9.63. The van der Waals surface area contributed by atoms with Crippen LogP contribution in [0.3, 0.4) is 0 Å². The van der Waals surface area contributed by atoms with Gasteiger partial charge in [0.05, 0.1) is 0 Å². The zero-order valence-corrected chi connectivity index (χ0v) is 11.9. The maximum atomic E-state index is 12.1. The van der Waals surface area contributed by atoms with Gasteiger partial charge in [-0.3, -0.25) is 9.59 Å². The van der Waals surface area contributed by atoms with Crippen molar-refractivity contribution in [3.05, 3.63) is 34.9 Å². The van der Waals surface area contributed by atoms with Crippen molar-refractivity contribution < 1.29 is 9.59 Å². The molecule has 1 atom stereocenters. The highest BCUT2D eigenvalue weighted by atomic mass is 35.5. The van der Waals surface area contributed by atoms with E-state index in [0.717, 1.165) is 25.8 Å². The van der Waals surface area contributed by atoms with Crippen LogP contribution >= 0.6 is 11.6 Å². The number of halogens is 1. The summed E-state index contributed by atoms with van der Waals surface area (Å²) in [6.07, 6.45) is 2.88. The van der Waals surface area contributed by atoms with Gasteiger partial charge in [0.2, 0.25) is 5.91 Å². The monoisotopic (exact) mass is 292 g/mol. The number of carbonyl (C=O) groups is 2. The van der Waals surface area contributed by atoms with Crippen LogP contribution in [0.1, 0.15) is 29.6 Å². The Morgan fingerprint density at radius 1 is 1.15 bits per heavy atom. The van der Waals surface area contributed by atoms with Crippen LogP contribution in [0, 0.1) is 5.92 Å². The Labute approximate surface area is 123 Å². The quantitative estimate of drug-likeness (QED) is 0.927. The lowest BCUT2D eigenvalue weighted by Gasteiger charge is -2.17. The molecule has 1 aliphatic carbocycles. The van der Waals surface area contributed by atoms with Gasteiger partial charge >= 0.3 is 0 Å². The second-order valence-corrected chi connectivity index (χ2v) is 5.96. The number of likely N-dealkylation sites (tertiary alicyclic amines) is 1. The van der Waals surface area contributed by atoms with Gasteiger partial charge in [-0.1, -0.05) is 11.6 Å². The van der Waals surface area contributed by atoms with E-state index < -0.39 is 0 Å². The van der Waals surface area contributed by atoms with Gasteiger partial charge in [-0.25, -0.2) is 0 Å². The molecule has 0 bridgehead atoms. The summed E-state index contributed by atoms with van der Waals surface area (Å²) >= 11 is 5.80. The van der Waals surface area contributed by atoms with Crippen LogP contribution in [0.2, 0.25) is 5.02 Å². The fourth-order valence-electron chi connectivity index (χ4n) is 2.54. The third-order valence-electron chi connectivity index (χ3n) is 3.87. The zero-order chi connectivity index (χ0) is 14.1. The summed E-state index contributed by atoms with van der Waals surface area (Å²) in [5, 5.41) is 3.60. The van der Waals surface area contributed by atoms with Crippen molar-refractivity contribution in [2.45, 2.75) is 25.3 Å². The lowest BCUT2D eigenvalue weighted by molar-refractivity contribution is -0.131. The third-order valence-corrected chi connectivity index (χ3v) is 4.12. The van der Waals surface area contributed by atoms with E-state index in [9.17, 15) is 9.59 Å². The molecule has 3 rings (SSSR count). The lowest BCUT2D eigenvalue weighted by Crippen LogP contribution is -2.38. The SMILES string of the molecule is O=C(NC1CCN(C(=O)C2CC2)C1)c1ccc(Cl)cc1. The number of hydrogen-bond donors (Lipinski definition) is 1. The molecule has 1 saturated heterocycles. The number of benzene rings is 1. The van der Waals surface area contributed by atoms with E-state index in [4.69, 9.17) is 11.6 Å². The number of carbonyl (C=O) groups excluding carboxylic acids is 2. The Bertz CT molecular complexity index is 525. The van der Waals surface area contributed by atoms with Gasteiger partial charge in [0.25, 0.3) is 5.91 Å². The highest BCUT2D eigenvalue weighted by Gasteiger charge is 2.36. The molecule has 1 heterocycles. The molecule has 1 saturated carbocycles. The van der Waals surface area contributed by atoms with Crippen LogP contribution in [0.25, 0.3) is 0 Å². The van der Waals surface area contributed by atoms with Crippen molar-refractivity contribution in [2.75, 3.05) is 13.1 Å². The minimum absolute atomic E-state index is 0.0564. The van der Waals surface area contributed by atoms with Crippen molar-refractivity contribution in [3.8, 4) is 0 Å². The average molecular weight is 293 g/mol. The number of nitrogens with one attached hydrogen (secondary N) is 1. The zero-order valence-electron chi connectivity index (χ0n) is 11.1. The molecule has 1 aliphatic heterocycles. The largest absolute Gasteiger partial charge is 0.347 e. The van der Waals surface area contributed by atoms with E-state index in [0.29, 0.717) is 17.1 Å². The van der Waals surface area contributed by atoms with Gasteiger partial charge in [-0.05, 0) is 43.5 Å². The van der Waals surface area contributed by atoms with Crippen LogP contribution < -0.4 is 5.32 Å². The van der Waals surface area contributed by atoms with Crippen LogP contribution in [0.15, 0.2) is 24.3 Å². The predicted molar refractivity (Wildman–Crippen MR) is 76.6 cm³/mol. The van der Waals surface area contributed by atoms with E-state index in [1.807, 2.05) is 4.90 Å². The minimum atomic E-state index is -0.104. The number of amides is 2. The molecule has 0 radical (unpaired) electrons. The summed E-state index contributed by atoms with van der Waals surface area (Å²) in [4.78, 5) is 25.9. The van der Waals surface area contributed by atoms with Crippen LogP contribution in [0.5, 0.6) is 0 Å². The first-order valence-electron chi connectivity index (χ1n) is 6.99. The molecule has 1 unspecified atom stereocenters. The Morgan fingerprint density at radius 2 is 1.85 bits per heavy atom. The van der Waals surface area contributed by atoms with Gasteiger partial charge < -0.3 is 10.2 Å².